The molecule has 0 atom stereocenters. The van der Waals surface area contributed by atoms with Gasteiger partial charge in [0.2, 0.25) is 0 Å². The zero-order valence-corrected chi connectivity index (χ0v) is 33.2. The Kier molecular flexibility index (Phi) is 10.8. The zero-order valence-electron chi connectivity index (χ0n) is 32.0. The summed E-state index contributed by atoms with van der Waals surface area (Å²) < 4.78 is 27.5. The van der Waals surface area contributed by atoms with Crippen molar-refractivity contribution in [3.8, 4) is 33.6 Å². The number of rotatable bonds is 8. The molecule has 0 fully saturated rings. The van der Waals surface area contributed by atoms with Crippen LogP contribution in [0.5, 0.6) is 0 Å². The number of aromatic nitrogens is 2. The summed E-state index contributed by atoms with van der Waals surface area (Å²) in [6.45, 7) is 12.4. The summed E-state index contributed by atoms with van der Waals surface area (Å²) in [5.41, 5.74) is 7.87. The van der Waals surface area contributed by atoms with Crippen molar-refractivity contribution >= 4 is 44.8 Å². The maximum atomic E-state index is 8.84. The maximum absolute atomic E-state index is 8.84. The topological polar surface area (TPSA) is 25.8 Å². The Bertz CT molecular complexity index is 2280. The first-order valence-electron chi connectivity index (χ1n) is 18.2. The van der Waals surface area contributed by atoms with E-state index in [9.17, 15) is 0 Å². The average molecular weight is 856 g/mol. The molecular weight excluding hydrogens is 809 g/mol. The number of nitrogens with zero attached hydrogens (tertiary/aromatic N) is 2. The molecule has 2 nitrogen and oxygen atoms in total. The molecular formula is C44H44IrN2SSi-2. The van der Waals surface area contributed by atoms with Crippen LogP contribution in [0.1, 0.15) is 54.7 Å². The first-order chi connectivity index (χ1) is 24.3. The van der Waals surface area contributed by atoms with E-state index < -0.39 is 20.3 Å². The van der Waals surface area contributed by atoms with Gasteiger partial charge in [-0.1, -0.05) is 112 Å². The van der Waals surface area contributed by atoms with Gasteiger partial charge in [0.05, 0.1) is 8.07 Å². The van der Waals surface area contributed by atoms with Crippen molar-refractivity contribution in [3.63, 3.8) is 0 Å². The van der Waals surface area contributed by atoms with Crippen LogP contribution in [0.15, 0.2) is 116 Å². The molecule has 0 N–H and O–H groups in total. The molecule has 0 amide bonds. The van der Waals surface area contributed by atoms with Crippen molar-refractivity contribution in [2.75, 3.05) is 0 Å². The Balaban J connectivity index is 0.000000217. The molecule has 5 heteroatoms. The molecule has 4 aromatic carbocycles. The predicted octanol–water partition coefficient (Wildman–Crippen LogP) is 12.1. The van der Waals surface area contributed by atoms with Gasteiger partial charge in [0.15, 0.2) is 0 Å². The second kappa shape index (κ2) is 16.3. The van der Waals surface area contributed by atoms with Crippen LogP contribution in [0.25, 0.3) is 53.8 Å². The third-order valence-corrected chi connectivity index (χ3v) is 12.0. The van der Waals surface area contributed by atoms with Crippen LogP contribution in [0, 0.1) is 12.1 Å². The van der Waals surface area contributed by atoms with Gasteiger partial charge < -0.3 is 9.97 Å². The molecule has 0 aliphatic heterocycles. The van der Waals surface area contributed by atoms with Crippen LogP contribution in [0.2, 0.25) is 19.6 Å². The summed E-state index contributed by atoms with van der Waals surface area (Å²) in [5, 5.41) is 3.59. The summed E-state index contributed by atoms with van der Waals surface area (Å²) in [4.78, 5) is 9.20. The van der Waals surface area contributed by atoms with Gasteiger partial charge in [0, 0.05) is 41.3 Å². The van der Waals surface area contributed by atoms with Gasteiger partial charge in [0.1, 0.15) is 0 Å². The van der Waals surface area contributed by atoms with Crippen LogP contribution in [-0.2, 0) is 26.5 Å². The van der Waals surface area contributed by atoms with Crippen LogP contribution >= 0.6 is 11.3 Å². The average Bonchev–Trinajstić information content (AvgIpc) is 3.53. The van der Waals surface area contributed by atoms with Crippen LogP contribution in [0.3, 0.4) is 0 Å². The number of benzene rings is 4. The monoisotopic (exact) mass is 856 g/mol. The first-order valence-corrected chi connectivity index (χ1v) is 21.0. The fourth-order valence-electron chi connectivity index (χ4n) is 6.15. The Morgan fingerprint density at radius 1 is 0.776 bits per heavy atom. The molecule has 7 rings (SSSR count). The summed E-state index contributed by atoms with van der Waals surface area (Å²) in [6.07, 6.45) is 3.91. The standard InChI is InChI=1S/C28H24NS.C16H20NSi.Ir/c1-3-19(4-2)22-15-16-29-26(17-22)25-12-8-11-24-23-14-13-21(18-27(23)30-28(24)25)20-9-6-5-7-10-20;1-5-13-11-15(14-9-7-6-8-10-14)17-12-16(13)18(2,3)4;/h5-11,13-19H,3-4H2,1-2H3;6-9,11-12H,5H2,1-4H3;/q2*-1;/i19D;5D2;. The third-order valence-electron chi connectivity index (χ3n) is 8.78. The van der Waals surface area contributed by atoms with E-state index in [1.54, 1.807) is 18.3 Å². The fourth-order valence-corrected chi connectivity index (χ4v) is 8.85. The van der Waals surface area contributed by atoms with Gasteiger partial charge in [-0.25, -0.2) is 0 Å². The Morgan fingerprint density at radius 3 is 2.24 bits per heavy atom. The smallest absolute Gasteiger partial charge is 0.0798 e. The second-order valence-corrected chi connectivity index (χ2v) is 19.0. The predicted molar refractivity (Wildman–Crippen MR) is 211 cm³/mol. The molecule has 3 aromatic heterocycles. The van der Waals surface area contributed by atoms with Gasteiger partial charge in [-0.05, 0) is 75.0 Å². The van der Waals surface area contributed by atoms with Gasteiger partial charge in [-0.2, -0.15) is 11.3 Å². The van der Waals surface area contributed by atoms with Crippen LogP contribution < -0.4 is 5.19 Å². The molecule has 0 spiro atoms. The number of fused-ring (bicyclic) bond motifs is 3. The van der Waals surface area contributed by atoms with Crippen LogP contribution in [0.4, 0.5) is 0 Å². The number of hydrogen-bond acceptors (Lipinski definition) is 3. The molecule has 251 valence electrons. The molecule has 49 heavy (non-hydrogen) atoms. The van der Waals surface area contributed by atoms with Crippen molar-refractivity contribution in [2.24, 2.45) is 0 Å². The van der Waals surface area contributed by atoms with Gasteiger partial charge >= 0.3 is 0 Å². The molecule has 0 aliphatic carbocycles. The summed E-state index contributed by atoms with van der Waals surface area (Å²) in [6, 6.07) is 41.6. The minimum absolute atomic E-state index is 0. The quantitative estimate of drug-likeness (QED) is 0.112. The van der Waals surface area contributed by atoms with E-state index in [2.05, 4.69) is 110 Å². The van der Waals surface area contributed by atoms with E-state index in [1.165, 1.54) is 31.3 Å². The van der Waals surface area contributed by atoms with E-state index in [1.807, 2.05) is 60.9 Å². The van der Waals surface area contributed by atoms with Gasteiger partial charge in [0.25, 0.3) is 0 Å². The molecule has 0 unspecified atom stereocenters. The SMILES string of the molecule is [2H]C(CC)(CC)c1ccnc(-c2[c-]ccc3c2sc2cc(-c4ccccc4)ccc23)c1.[2H]C([2H])(C)c1cc(-c2[c-]cccc2)ncc1[Si](C)(C)C.[Ir]. The molecule has 0 saturated heterocycles. The molecule has 1 radical (unpaired) electrons. The molecule has 0 saturated carbocycles. The Hall–Kier alpha value is -3.73. The van der Waals surface area contributed by atoms with E-state index in [4.69, 9.17) is 4.11 Å². The first kappa shape index (κ1) is 32.5. The minimum atomic E-state index is -1.62. The van der Waals surface area contributed by atoms with Gasteiger partial charge in [-0.15, -0.1) is 59.7 Å². The number of hydrogen-bond donors (Lipinski definition) is 0. The molecule has 0 bridgehead atoms. The molecule has 7 aromatic rings. The summed E-state index contributed by atoms with van der Waals surface area (Å²) in [7, 11) is -1.62. The molecule has 3 heterocycles. The van der Waals surface area contributed by atoms with Gasteiger partial charge in [-0.3, -0.25) is 0 Å². The van der Waals surface area contributed by atoms with Crippen molar-refractivity contribution in [2.45, 2.75) is 65.5 Å². The Labute approximate surface area is 315 Å². The minimum Gasteiger partial charge on any atom is -0.305 e. The van der Waals surface area contributed by atoms with E-state index in [-0.39, 0.29) is 20.1 Å². The maximum Gasteiger partial charge on any atom is 0.0798 e. The number of pyridine rings is 2. The third kappa shape index (κ3) is 8.19. The van der Waals surface area contributed by atoms with Crippen molar-refractivity contribution in [1.29, 1.82) is 0 Å². The second-order valence-electron chi connectivity index (χ2n) is 12.9. The largest absolute Gasteiger partial charge is 0.305 e. The summed E-state index contributed by atoms with van der Waals surface area (Å²) >= 11 is 1.80. The van der Waals surface area contributed by atoms with E-state index in [0.717, 1.165) is 51.7 Å². The molecule has 0 aliphatic rings. The Morgan fingerprint density at radius 2 is 1.55 bits per heavy atom. The van der Waals surface area contributed by atoms with Crippen molar-refractivity contribution < 1.29 is 24.2 Å². The van der Waals surface area contributed by atoms with Crippen molar-refractivity contribution in [3.05, 3.63) is 139 Å². The van der Waals surface area contributed by atoms with Crippen LogP contribution in [-0.4, -0.2) is 18.0 Å². The zero-order chi connectivity index (χ0) is 36.4. The van der Waals surface area contributed by atoms with E-state index in [0.29, 0.717) is 0 Å². The van der Waals surface area contributed by atoms with E-state index >= 15 is 0 Å². The normalized spacial score (nSPS) is 12.7. The summed E-state index contributed by atoms with van der Waals surface area (Å²) in [5.74, 6) is -0.573. The number of aryl methyl sites for hydroxylation is 1. The fraction of sp³-hybridized carbons (Fsp3) is 0.227. The van der Waals surface area contributed by atoms with Crippen molar-refractivity contribution in [1.82, 2.24) is 9.97 Å². The number of thiophene rings is 1.